The Kier molecular flexibility index (Phi) is 3.69. The van der Waals surface area contributed by atoms with Crippen LogP contribution in [0.25, 0.3) is 0 Å². The number of nitrogens with zero attached hydrogens (tertiary/aromatic N) is 1. The number of carbonyl (C=O) groups is 1. The summed E-state index contributed by atoms with van der Waals surface area (Å²) in [5.41, 5.74) is 5.71. The summed E-state index contributed by atoms with van der Waals surface area (Å²) in [5, 5.41) is 9.03. The highest BCUT2D eigenvalue weighted by atomic mass is 16.3. The number of aliphatic hydroxyl groups excluding tert-OH is 1. The Bertz CT molecular complexity index is 174. The molecule has 1 aliphatic rings. The summed E-state index contributed by atoms with van der Waals surface area (Å²) in [6.45, 7) is 3.12. The minimum atomic E-state index is -0.539. The highest BCUT2D eigenvalue weighted by Gasteiger charge is 2.20. The van der Waals surface area contributed by atoms with Crippen LogP contribution in [0.5, 0.6) is 0 Å². The van der Waals surface area contributed by atoms with Gasteiger partial charge in [0, 0.05) is 19.1 Å². The van der Waals surface area contributed by atoms with E-state index in [2.05, 4.69) is 0 Å². The van der Waals surface area contributed by atoms with Crippen LogP contribution in [0.2, 0.25) is 0 Å². The van der Waals surface area contributed by atoms with Gasteiger partial charge in [-0.3, -0.25) is 4.79 Å². The number of likely N-dealkylation sites (tertiary alicyclic amines) is 1. The van der Waals surface area contributed by atoms with Crippen molar-refractivity contribution in [1.82, 2.24) is 4.90 Å². The second-order valence-corrected chi connectivity index (χ2v) is 3.77. The fraction of sp³-hybridized carbons (Fsp3) is 0.889. The van der Waals surface area contributed by atoms with Crippen molar-refractivity contribution in [2.75, 3.05) is 13.1 Å². The second-order valence-electron chi connectivity index (χ2n) is 3.77. The van der Waals surface area contributed by atoms with Crippen LogP contribution in [0.3, 0.4) is 0 Å². The zero-order chi connectivity index (χ0) is 9.84. The molecular weight excluding hydrogens is 168 g/mol. The zero-order valence-electron chi connectivity index (χ0n) is 8.07. The van der Waals surface area contributed by atoms with E-state index in [1.165, 1.54) is 0 Å². The summed E-state index contributed by atoms with van der Waals surface area (Å²) >= 11 is 0. The molecule has 1 aliphatic heterocycles. The Balaban J connectivity index is 2.31. The molecule has 13 heavy (non-hydrogen) atoms. The lowest BCUT2D eigenvalue weighted by Gasteiger charge is -2.30. The number of hydrogen-bond donors (Lipinski definition) is 2. The first-order valence-corrected chi connectivity index (χ1v) is 4.81. The highest BCUT2D eigenvalue weighted by Crippen LogP contribution is 2.10. The number of carbonyl (C=O) groups excluding carboxylic acids is 1. The van der Waals surface area contributed by atoms with Crippen molar-refractivity contribution in [3.05, 3.63) is 0 Å². The molecule has 0 radical (unpaired) electrons. The first-order valence-electron chi connectivity index (χ1n) is 4.81. The number of hydrogen-bond acceptors (Lipinski definition) is 3. The van der Waals surface area contributed by atoms with E-state index in [0.29, 0.717) is 0 Å². The van der Waals surface area contributed by atoms with Gasteiger partial charge in [-0.05, 0) is 19.8 Å². The standard InChI is InChI=1S/C9H18N2O2/c1-7(12)6-9(13)11-4-2-8(10)3-5-11/h7-8,12H,2-6,10H2,1H3. The number of nitrogens with two attached hydrogens (primary N) is 1. The van der Waals surface area contributed by atoms with Gasteiger partial charge in [-0.25, -0.2) is 0 Å². The summed E-state index contributed by atoms with van der Waals surface area (Å²) in [6.07, 6.45) is 1.45. The molecule has 1 rings (SSSR count). The van der Waals surface area contributed by atoms with E-state index in [0.717, 1.165) is 25.9 Å². The first kappa shape index (κ1) is 10.5. The molecule has 4 heteroatoms. The first-order chi connectivity index (χ1) is 6.09. The Morgan fingerprint density at radius 3 is 2.62 bits per heavy atom. The molecule has 3 N–H and O–H groups in total. The molecule has 1 unspecified atom stereocenters. The van der Waals surface area contributed by atoms with Gasteiger partial charge in [-0.15, -0.1) is 0 Å². The molecule has 0 aromatic heterocycles. The fourth-order valence-corrected chi connectivity index (χ4v) is 1.53. The van der Waals surface area contributed by atoms with Gasteiger partial charge < -0.3 is 15.7 Å². The lowest BCUT2D eigenvalue weighted by atomic mass is 10.1. The van der Waals surface area contributed by atoms with Crippen molar-refractivity contribution >= 4 is 5.91 Å². The largest absolute Gasteiger partial charge is 0.393 e. The summed E-state index contributed by atoms with van der Waals surface area (Å²) in [6, 6.07) is 0.246. The Morgan fingerprint density at radius 2 is 2.15 bits per heavy atom. The summed E-state index contributed by atoms with van der Waals surface area (Å²) in [5.74, 6) is 0.0434. The van der Waals surface area contributed by atoms with Gasteiger partial charge in [0.05, 0.1) is 12.5 Å². The van der Waals surface area contributed by atoms with Crippen LogP contribution in [0.1, 0.15) is 26.2 Å². The maximum absolute atomic E-state index is 11.4. The Morgan fingerprint density at radius 1 is 1.62 bits per heavy atom. The van der Waals surface area contributed by atoms with Crippen LogP contribution in [-0.2, 0) is 4.79 Å². The minimum absolute atomic E-state index is 0.0434. The Labute approximate surface area is 78.7 Å². The third-order valence-electron chi connectivity index (χ3n) is 2.36. The maximum atomic E-state index is 11.4. The smallest absolute Gasteiger partial charge is 0.225 e. The summed E-state index contributed by atoms with van der Waals surface area (Å²) in [4.78, 5) is 13.2. The van der Waals surface area contributed by atoms with E-state index in [9.17, 15) is 4.79 Å². The number of piperidine rings is 1. The van der Waals surface area contributed by atoms with E-state index < -0.39 is 6.10 Å². The van der Waals surface area contributed by atoms with Gasteiger partial charge in [-0.2, -0.15) is 0 Å². The normalized spacial score (nSPS) is 21.6. The molecule has 0 saturated carbocycles. The lowest BCUT2D eigenvalue weighted by molar-refractivity contribution is -0.134. The van der Waals surface area contributed by atoms with Crippen LogP contribution in [-0.4, -0.2) is 41.1 Å². The van der Waals surface area contributed by atoms with Gasteiger partial charge in [-0.1, -0.05) is 0 Å². The molecular formula is C9H18N2O2. The van der Waals surface area contributed by atoms with Crippen LogP contribution in [0.4, 0.5) is 0 Å². The summed E-state index contributed by atoms with van der Waals surface area (Å²) in [7, 11) is 0. The van der Waals surface area contributed by atoms with Crippen molar-refractivity contribution < 1.29 is 9.90 Å². The van der Waals surface area contributed by atoms with E-state index in [4.69, 9.17) is 10.8 Å². The lowest BCUT2D eigenvalue weighted by Crippen LogP contribution is -2.43. The van der Waals surface area contributed by atoms with Crippen LogP contribution in [0.15, 0.2) is 0 Å². The predicted molar refractivity (Wildman–Crippen MR) is 50.1 cm³/mol. The van der Waals surface area contributed by atoms with E-state index in [1.54, 1.807) is 11.8 Å². The van der Waals surface area contributed by atoms with Gasteiger partial charge in [0.15, 0.2) is 0 Å². The molecule has 1 heterocycles. The van der Waals surface area contributed by atoms with Gasteiger partial charge in [0.2, 0.25) is 5.91 Å². The Hall–Kier alpha value is -0.610. The van der Waals surface area contributed by atoms with Crippen molar-refractivity contribution in [1.29, 1.82) is 0 Å². The topological polar surface area (TPSA) is 66.6 Å². The quantitative estimate of drug-likeness (QED) is 0.622. The molecule has 1 atom stereocenters. The highest BCUT2D eigenvalue weighted by molar-refractivity contribution is 5.76. The van der Waals surface area contributed by atoms with Gasteiger partial charge in [0.25, 0.3) is 0 Å². The molecule has 0 bridgehead atoms. The molecule has 0 spiro atoms. The third-order valence-corrected chi connectivity index (χ3v) is 2.36. The van der Waals surface area contributed by atoms with Crippen molar-refractivity contribution in [3.8, 4) is 0 Å². The maximum Gasteiger partial charge on any atom is 0.225 e. The van der Waals surface area contributed by atoms with Crippen LogP contribution >= 0.6 is 0 Å². The van der Waals surface area contributed by atoms with Crippen molar-refractivity contribution in [3.63, 3.8) is 0 Å². The molecule has 1 saturated heterocycles. The van der Waals surface area contributed by atoms with Crippen molar-refractivity contribution in [2.24, 2.45) is 5.73 Å². The summed E-state index contributed by atoms with van der Waals surface area (Å²) < 4.78 is 0. The minimum Gasteiger partial charge on any atom is -0.393 e. The monoisotopic (exact) mass is 186 g/mol. The molecule has 0 aliphatic carbocycles. The van der Waals surface area contributed by atoms with E-state index in [-0.39, 0.29) is 18.4 Å². The van der Waals surface area contributed by atoms with Gasteiger partial charge in [0.1, 0.15) is 0 Å². The molecule has 1 fully saturated rings. The average molecular weight is 186 g/mol. The number of aliphatic hydroxyl groups is 1. The fourth-order valence-electron chi connectivity index (χ4n) is 1.53. The molecule has 76 valence electrons. The number of amides is 1. The van der Waals surface area contributed by atoms with Crippen LogP contribution < -0.4 is 5.73 Å². The van der Waals surface area contributed by atoms with E-state index >= 15 is 0 Å². The third kappa shape index (κ3) is 3.32. The van der Waals surface area contributed by atoms with Gasteiger partial charge >= 0.3 is 0 Å². The second kappa shape index (κ2) is 4.58. The molecule has 4 nitrogen and oxygen atoms in total. The SMILES string of the molecule is CC(O)CC(=O)N1CCC(N)CC1. The molecule has 0 aromatic rings. The van der Waals surface area contributed by atoms with Crippen molar-refractivity contribution in [2.45, 2.75) is 38.3 Å². The predicted octanol–water partition coefficient (Wildman–Crippen LogP) is -0.293. The molecule has 1 amide bonds. The average Bonchev–Trinajstić information content (AvgIpc) is 2.04. The molecule has 0 aromatic carbocycles. The van der Waals surface area contributed by atoms with Crippen LogP contribution in [0, 0.1) is 0 Å². The van der Waals surface area contributed by atoms with E-state index in [1.807, 2.05) is 0 Å². The zero-order valence-corrected chi connectivity index (χ0v) is 8.07. The number of rotatable bonds is 2.